The van der Waals surface area contributed by atoms with Crippen LogP contribution in [-0.4, -0.2) is 26.7 Å². The molecule has 0 aromatic heterocycles. The highest BCUT2D eigenvalue weighted by molar-refractivity contribution is 5.98. The van der Waals surface area contributed by atoms with Gasteiger partial charge < -0.3 is 4.84 Å². The maximum absolute atomic E-state index is 5.59. The topological polar surface area (TPSA) is 52.5 Å². The van der Waals surface area contributed by atoms with E-state index in [1.54, 1.807) is 12.2 Å². The molecule has 2 aromatic carbocycles. The Hall–Kier alpha value is -2.41. The Morgan fingerprint density at radius 2 is 1.77 bits per heavy atom. The van der Waals surface area contributed by atoms with Crippen LogP contribution in [-0.2, 0) is 26.1 Å². The van der Waals surface area contributed by atoms with E-state index in [0.29, 0.717) is 6.61 Å². The van der Waals surface area contributed by atoms with Crippen LogP contribution in [0.2, 0.25) is 0 Å². The number of hydrogen-bond donors (Lipinski definition) is 0. The van der Waals surface area contributed by atoms with Gasteiger partial charge in [-0.05, 0) is 31.9 Å². The van der Waals surface area contributed by atoms with Crippen LogP contribution >= 0.6 is 0 Å². The number of hydroxylamine groups is 1. The van der Waals surface area contributed by atoms with Crippen LogP contribution in [0.15, 0.2) is 47.6 Å². The number of benzene rings is 2. The lowest BCUT2D eigenvalue weighted by molar-refractivity contribution is -0.280. The molecule has 140 valence electrons. The molecule has 0 atom stereocenters. The minimum Gasteiger partial charge on any atom is -0.391 e. The van der Waals surface area contributed by atoms with E-state index in [2.05, 4.69) is 29.1 Å². The number of rotatable bonds is 9. The lowest BCUT2D eigenvalue weighted by atomic mass is 10.1. The second-order valence-electron chi connectivity index (χ2n) is 5.87. The SMILES string of the molecule is COOCN(OC)c1c(C)cccc1CO/N=C(\C)c1ccc(C)cc1. The monoisotopic (exact) mass is 358 g/mol. The molecule has 0 aliphatic heterocycles. The minimum atomic E-state index is 0.135. The Morgan fingerprint density at radius 1 is 1.04 bits per heavy atom. The molecule has 2 aromatic rings. The summed E-state index contributed by atoms with van der Waals surface area (Å²) in [6.45, 7) is 6.43. The Kier molecular flexibility index (Phi) is 7.59. The standard InChI is InChI=1S/C20H26N2O4/c1-15-9-11-18(12-10-15)17(3)21-25-13-19-8-6-7-16(2)20(19)22(23-4)14-26-24-5/h6-12H,13-14H2,1-5H3/b21-17+. The Labute approximate surface area is 154 Å². The van der Waals surface area contributed by atoms with Crippen LogP contribution in [0.1, 0.15) is 29.2 Å². The fraction of sp³-hybridized carbons (Fsp3) is 0.350. The zero-order valence-corrected chi connectivity index (χ0v) is 16.0. The highest BCUT2D eigenvalue weighted by Crippen LogP contribution is 2.26. The van der Waals surface area contributed by atoms with E-state index in [9.17, 15) is 0 Å². The van der Waals surface area contributed by atoms with Crippen molar-refractivity contribution in [3.05, 3.63) is 64.7 Å². The lowest BCUT2D eigenvalue weighted by Gasteiger charge is -2.24. The van der Waals surface area contributed by atoms with E-state index in [-0.39, 0.29) is 6.73 Å². The van der Waals surface area contributed by atoms with Gasteiger partial charge in [0.15, 0.2) is 6.73 Å². The molecule has 6 heteroatoms. The molecule has 0 bridgehead atoms. The molecule has 26 heavy (non-hydrogen) atoms. The number of nitrogens with zero attached hydrogens (tertiary/aromatic N) is 2. The highest BCUT2D eigenvalue weighted by Gasteiger charge is 2.15. The van der Waals surface area contributed by atoms with Crippen molar-refractivity contribution in [3.8, 4) is 0 Å². The van der Waals surface area contributed by atoms with Gasteiger partial charge in [-0.1, -0.05) is 53.2 Å². The first-order valence-corrected chi connectivity index (χ1v) is 8.36. The Morgan fingerprint density at radius 3 is 2.42 bits per heavy atom. The van der Waals surface area contributed by atoms with Gasteiger partial charge in [-0.3, -0.25) is 4.84 Å². The van der Waals surface area contributed by atoms with Crippen molar-refractivity contribution in [1.82, 2.24) is 0 Å². The van der Waals surface area contributed by atoms with Gasteiger partial charge >= 0.3 is 0 Å². The van der Waals surface area contributed by atoms with E-state index < -0.39 is 0 Å². The molecule has 6 nitrogen and oxygen atoms in total. The van der Waals surface area contributed by atoms with Crippen molar-refractivity contribution >= 4 is 11.4 Å². The minimum absolute atomic E-state index is 0.135. The first-order chi connectivity index (χ1) is 12.6. The highest BCUT2D eigenvalue weighted by atomic mass is 17.2. The van der Waals surface area contributed by atoms with E-state index in [1.165, 1.54) is 12.7 Å². The fourth-order valence-corrected chi connectivity index (χ4v) is 2.55. The number of para-hydroxylation sites is 1. The van der Waals surface area contributed by atoms with Gasteiger partial charge in [-0.25, -0.2) is 14.8 Å². The second kappa shape index (κ2) is 9.91. The van der Waals surface area contributed by atoms with Crippen LogP contribution in [0.3, 0.4) is 0 Å². The predicted molar refractivity (Wildman–Crippen MR) is 102 cm³/mol. The molecule has 0 fully saturated rings. The van der Waals surface area contributed by atoms with Gasteiger partial charge in [0.05, 0.1) is 25.6 Å². The second-order valence-corrected chi connectivity index (χ2v) is 5.87. The third-order valence-electron chi connectivity index (χ3n) is 3.97. The maximum atomic E-state index is 5.59. The number of oxime groups is 1. The Bertz CT molecular complexity index is 729. The zero-order valence-electron chi connectivity index (χ0n) is 16.0. The summed E-state index contributed by atoms with van der Waals surface area (Å²) in [5.74, 6) is 0. The maximum Gasteiger partial charge on any atom is 0.178 e. The summed E-state index contributed by atoms with van der Waals surface area (Å²) >= 11 is 0. The molecule has 0 heterocycles. The average Bonchev–Trinajstić information content (AvgIpc) is 2.64. The van der Waals surface area contributed by atoms with Gasteiger partial charge in [0.1, 0.15) is 6.61 Å². The lowest BCUT2D eigenvalue weighted by Crippen LogP contribution is -2.26. The van der Waals surface area contributed by atoms with Crippen LogP contribution in [0.25, 0.3) is 0 Å². The molecular weight excluding hydrogens is 332 g/mol. The third kappa shape index (κ3) is 5.29. The van der Waals surface area contributed by atoms with Crippen molar-refractivity contribution in [1.29, 1.82) is 0 Å². The summed E-state index contributed by atoms with van der Waals surface area (Å²) < 4.78 is 0. The summed E-state index contributed by atoms with van der Waals surface area (Å²) in [5.41, 5.74) is 5.91. The number of hydrogen-bond acceptors (Lipinski definition) is 6. The fourth-order valence-electron chi connectivity index (χ4n) is 2.55. The van der Waals surface area contributed by atoms with Gasteiger partial charge in [0, 0.05) is 5.56 Å². The molecule has 0 radical (unpaired) electrons. The summed E-state index contributed by atoms with van der Waals surface area (Å²) in [6.07, 6.45) is 0. The smallest absolute Gasteiger partial charge is 0.178 e. The van der Waals surface area contributed by atoms with Crippen LogP contribution in [0.5, 0.6) is 0 Å². The molecule has 0 unspecified atom stereocenters. The van der Waals surface area contributed by atoms with Gasteiger partial charge in [-0.15, -0.1) is 0 Å². The summed E-state index contributed by atoms with van der Waals surface area (Å²) in [4.78, 5) is 20.7. The average molecular weight is 358 g/mol. The van der Waals surface area contributed by atoms with Gasteiger partial charge in [0.25, 0.3) is 0 Å². The predicted octanol–water partition coefficient (Wildman–Crippen LogP) is 4.15. The van der Waals surface area contributed by atoms with E-state index in [1.807, 2.05) is 44.2 Å². The van der Waals surface area contributed by atoms with E-state index in [0.717, 1.165) is 28.1 Å². The van der Waals surface area contributed by atoms with Crippen LogP contribution in [0.4, 0.5) is 5.69 Å². The molecular formula is C20H26N2O4. The van der Waals surface area contributed by atoms with Crippen LogP contribution < -0.4 is 5.06 Å². The molecule has 2 rings (SSSR count). The van der Waals surface area contributed by atoms with Crippen molar-refractivity contribution in [2.24, 2.45) is 5.16 Å². The first kappa shape index (κ1) is 19.9. The molecule has 0 N–H and O–H groups in total. The van der Waals surface area contributed by atoms with E-state index in [4.69, 9.17) is 14.6 Å². The molecule has 0 amide bonds. The molecule has 0 aliphatic carbocycles. The molecule has 0 spiro atoms. The summed E-state index contributed by atoms with van der Waals surface area (Å²) in [7, 11) is 3.04. The molecule has 0 aliphatic rings. The first-order valence-electron chi connectivity index (χ1n) is 8.36. The van der Waals surface area contributed by atoms with Crippen molar-refractivity contribution in [3.63, 3.8) is 0 Å². The largest absolute Gasteiger partial charge is 0.391 e. The normalized spacial score (nSPS) is 11.5. The van der Waals surface area contributed by atoms with Crippen molar-refractivity contribution in [2.75, 3.05) is 26.0 Å². The van der Waals surface area contributed by atoms with Gasteiger partial charge in [0.2, 0.25) is 0 Å². The summed E-state index contributed by atoms with van der Waals surface area (Å²) in [5, 5.41) is 5.84. The van der Waals surface area contributed by atoms with Gasteiger partial charge in [-0.2, -0.15) is 0 Å². The quantitative estimate of drug-likeness (QED) is 0.292. The number of aryl methyl sites for hydroxylation is 2. The Balaban J connectivity index is 2.12. The number of anilines is 1. The van der Waals surface area contributed by atoms with Crippen LogP contribution in [0, 0.1) is 13.8 Å². The third-order valence-corrected chi connectivity index (χ3v) is 3.97. The molecule has 0 saturated carbocycles. The summed E-state index contributed by atoms with van der Waals surface area (Å²) in [6, 6.07) is 14.1. The van der Waals surface area contributed by atoms with Crippen molar-refractivity contribution < 1.29 is 19.5 Å². The van der Waals surface area contributed by atoms with Crippen molar-refractivity contribution in [2.45, 2.75) is 27.4 Å². The molecule has 0 saturated heterocycles. The van der Waals surface area contributed by atoms with E-state index >= 15 is 0 Å². The zero-order chi connectivity index (χ0) is 18.9.